The Balaban J connectivity index is 4.87. The number of aliphatic hydroxyl groups excluding tert-OH is 6. The zero-order chi connectivity index (χ0) is 19.9. The van der Waals surface area contributed by atoms with Crippen molar-refractivity contribution in [3.63, 3.8) is 0 Å². The summed E-state index contributed by atoms with van der Waals surface area (Å²) in [5.74, 6) is -5.43. The summed E-state index contributed by atoms with van der Waals surface area (Å²) in [6, 6.07) is 0. The minimum absolute atomic E-state index is 0.998. The number of rotatable bonds is 11. The van der Waals surface area contributed by atoms with E-state index in [2.05, 4.69) is 4.74 Å². The highest BCUT2D eigenvalue weighted by molar-refractivity contribution is 5.88. The maximum Gasteiger partial charge on any atom is 0.336 e. The molecule has 0 spiro atoms. The SMILES string of the molecule is O=C(O)CC(O)(CC(=O)OC(O)[C@H](O)[C@@H](O)[C@H](O)[C@H](O)CO)C(=O)O. The smallest absolute Gasteiger partial charge is 0.336 e. The van der Waals surface area contributed by atoms with Crippen molar-refractivity contribution in [2.24, 2.45) is 0 Å². The molecule has 0 fully saturated rings. The number of esters is 1. The van der Waals surface area contributed by atoms with Crippen LogP contribution in [0.4, 0.5) is 0 Å². The molecule has 0 aromatic carbocycles. The second-order valence-corrected chi connectivity index (χ2v) is 5.19. The third kappa shape index (κ3) is 6.87. The molecule has 0 radical (unpaired) electrons. The van der Waals surface area contributed by atoms with E-state index >= 15 is 0 Å². The second-order valence-electron chi connectivity index (χ2n) is 5.19. The van der Waals surface area contributed by atoms with Gasteiger partial charge in [0.15, 0.2) is 5.60 Å². The van der Waals surface area contributed by atoms with Gasteiger partial charge in [-0.15, -0.1) is 0 Å². The van der Waals surface area contributed by atoms with Crippen LogP contribution in [0, 0.1) is 0 Å². The van der Waals surface area contributed by atoms with Crippen molar-refractivity contribution in [1.29, 1.82) is 0 Å². The molecule has 0 amide bonds. The average molecular weight is 372 g/mol. The summed E-state index contributed by atoms with van der Waals surface area (Å²) in [5, 5.41) is 82.3. The lowest BCUT2D eigenvalue weighted by Gasteiger charge is -2.28. The van der Waals surface area contributed by atoms with Crippen LogP contribution in [0.1, 0.15) is 12.8 Å². The Morgan fingerprint density at radius 3 is 1.80 bits per heavy atom. The first-order valence-electron chi connectivity index (χ1n) is 6.74. The van der Waals surface area contributed by atoms with Crippen molar-refractivity contribution in [2.45, 2.75) is 49.1 Å². The molecule has 2 unspecified atom stereocenters. The fourth-order valence-corrected chi connectivity index (χ4v) is 1.66. The van der Waals surface area contributed by atoms with Crippen LogP contribution in [0.25, 0.3) is 0 Å². The molecule has 0 rings (SSSR count). The Kier molecular flexibility index (Phi) is 8.86. The number of carboxylic acids is 2. The molecule has 0 heterocycles. The van der Waals surface area contributed by atoms with E-state index in [0.717, 1.165) is 0 Å². The Morgan fingerprint density at radius 2 is 1.40 bits per heavy atom. The zero-order valence-corrected chi connectivity index (χ0v) is 12.7. The molecular weight excluding hydrogens is 352 g/mol. The lowest BCUT2D eigenvalue weighted by Crippen LogP contribution is -2.51. The van der Waals surface area contributed by atoms with Gasteiger partial charge in [0.1, 0.15) is 24.4 Å². The van der Waals surface area contributed by atoms with E-state index in [9.17, 15) is 39.9 Å². The minimum Gasteiger partial charge on any atom is -0.481 e. The molecule has 0 saturated carbocycles. The van der Waals surface area contributed by atoms with Gasteiger partial charge < -0.3 is 50.7 Å². The second kappa shape index (κ2) is 9.57. The Morgan fingerprint density at radius 1 is 0.880 bits per heavy atom. The summed E-state index contributed by atoms with van der Waals surface area (Å²) in [5.41, 5.74) is -3.04. The van der Waals surface area contributed by atoms with Crippen LogP contribution in [0.2, 0.25) is 0 Å². The summed E-state index contributed by atoms with van der Waals surface area (Å²) >= 11 is 0. The van der Waals surface area contributed by atoms with Gasteiger partial charge in [-0.25, -0.2) is 4.79 Å². The van der Waals surface area contributed by atoms with Gasteiger partial charge in [0, 0.05) is 0 Å². The van der Waals surface area contributed by atoms with E-state index in [1.165, 1.54) is 0 Å². The minimum atomic E-state index is -3.04. The lowest BCUT2D eigenvalue weighted by molar-refractivity contribution is -0.217. The first-order chi connectivity index (χ1) is 11.4. The van der Waals surface area contributed by atoms with E-state index in [4.69, 9.17) is 20.4 Å². The Hall–Kier alpha value is -1.87. The molecule has 0 bridgehead atoms. The van der Waals surface area contributed by atoms with Crippen LogP contribution in [-0.4, -0.2) is 107 Å². The third-order valence-corrected chi connectivity index (χ3v) is 3.10. The predicted octanol–water partition coefficient (Wildman–Crippen LogP) is -5.04. The number of carbonyl (C=O) groups is 3. The molecule has 146 valence electrons. The van der Waals surface area contributed by atoms with Crippen LogP contribution < -0.4 is 0 Å². The average Bonchev–Trinajstić information content (AvgIpc) is 2.50. The quantitative estimate of drug-likeness (QED) is 0.122. The van der Waals surface area contributed by atoms with E-state index in [1.54, 1.807) is 0 Å². The number of ether oxygens (including phenoxy) is 1. The highest BCUT2D eigenvalue weighted by Crippen LogP contribution is 2.18. The van der Waals surface area contributed by atoms with Crippen LogP contribution in [0.15, 0.2) is 0 Å². The normalized spacial score (nSPS) is 19.8. The van der Waals surface area contributed by atoms with Crippen molar-refractivity contribution in [2.75, 3.05) is 6.61 Å². The number of aliphatic hydroxyl groups is 7. The fraction of sp³-hybridized carbons (Fsp3) is 0.750. The standard InChI is InChI=1S/C12H20O13/c13-3-4(14)7(18)8(19)9(20)10(21)25-6(17)2-12(24,11(22)23)1-5(15)16/h4,7-10,13-14,18-21,24H,1-3H2,(H,15,16)(H,22,23)/t4-,7-,8+,9-,10?,12?/m1/s1. The summed E-state index contributed by atoms with van der Waals surface area (Å²) < 4.78 is 4.16. The molecule has 0 aliphatic heterocycles. The van der Waals surface area contributed by atoms with Crippen LogP contribution in [0.5, 0.6) is 0 Å². The van der Waals surface area contributed by atoms with Crippen LogP contribution in [-0.2, 0) is 19.1 Å². The summed E-state index contributed by atoms with van der Waals surface area (Å²) in [6.45, 7) is -0.998. The van der Waals surface area contributed by atoms with Crippen LogP contribution >= 0.6 is 0 Å². The number of carboxylic acid groups (broad SMARTS) is 2. The van der Waals surface area contributed by atoms with Gasteiger partial charge in [-0.3, -0.25) is 9.59 Å². The molecule has 0 aromatic heterocycles. The number of aliphatic carboxylic acids is 2. The predicted molar refractivity (Wildman–Crippen MR) is 72.7 cm³/mol. The number of hydrogen-bond donors (Lipinski definition) is 9. The van der Waals surface area contributed by atoms with E-state index < -0.39 is 73.7 Å². The van der Waals surface area contributed by atoms with E-state index in [0.29, 0.717) is 0 Å². The highest BCUT2D eigenvalue weighted by Gasteiger charge is 2.43. The van der Waals surface area contributed by atoms with Gasteiger partial charge >= 0.3 is 17.9 Å². The third-order valence-electron chi connectivity index (χ3n) is 3.10. The fourth-order valence-electron chi connectivity index (χ4n) is 1.66. The number of carbonyl (C=O) groups excluding carboxylic acids is 1. The molecular formula is C12H20O13. The zero-order valence-electron chi connectivity index (χ0n) is 12.7. The van der Waals surface area contributed by atoms with E-state index in [1.807, 2.05) is 0 Å². The van der Waals surface area contributed by atoms with Gasteiger partial charge in [-0.1, -0.05) is 0 Å². The maximum atomic E-state index is 11.5. The molecule has 9 N–H and O–H groups in total. The van der Waals surface area contributed by atoms with E-state index in [-0.39, 0.29) is 0 Å². The molecule has 0 aromatic rings. The molecule has 13 nitrogen and oxygen atoms in total. The summed E-state index contributed by atoms with van der Waals surface area (Å²) in [6.07, 6.45) is -14.0. The van der Waals surface area contributed by atoms with Gasteiger partial charge in [0.05, 0.1) is 19.4 Å². The summed E-state index contributed by atoms with van der Waals surface area (Å²) in [7, 11) is 0. The Labute approximate surface area is 139 Å². The largest absolute Gasteiger partial charge is 0.481 e. The monoisotopic (exact) mass is 372 g/mol. The van der Waals surface area contributed by atoms with Crippen molar-refractivity contribution in [3.8, 4) is 0 Å². The Bertz CT molecular complexity index is 480. The van der Waals surface area contributed by atoms with Crippen molar-refractivity contribution >= 4 is 17.9 Å². The lowest BCUT2D eigenvalue weighted by atomic mass is 9.96. The molecule has 6 atom stereocenters. The van der Waals surface area contributed by atoms with Crippen LogP contribution in [0.3, 0.4) is 0 Å². The topological polar surface area (TPSA) is 243 Å². The first kappa shape index (κ1) is 23.1. The first-order valence-corrected chi connectivity index (χ1v) is 6.74. The van der Waals surface area contributed by atoms with Gasteiger partial charge in [-0.05, 0) is 0 Å². The van der Waals surface area contributed by atoms with Gasteiger partial charge in [-0.2, -0.15) is 0 Å². The molecule has 13 heteroatoms. The molecule has 0 aliphatic rings. The maximum absolute atomic E-state index is 11.5. The van der Waals surface area contributed by atoms with Crippen molar-refractivity contribution < 1.29 is 65.1 Å². The molecule has 25 heavy (non-hydrogen) atoms. The number of hydrogen-bond acceptors (Lipinski definition) is 11. The van der Waals surface area contributed by atoms with Crippen molar-refractivity contribution in [3.05, 3.63) is 0 Å². The van der Waals surface area contributed by atoms with Crippen molar-refractivity contribution in [1.82, 2.24) is 0 Å². The molecule has 0 aliphatic carbocycles. The highest BCUT2D eigenvalue weighted by atomic mass is 16.6. The summed E-state index contributed by atoms with van der Waals surface area (Å²) in [4.78, 5) is 32.9. The van der Waals surface area contributed by atoms with Gasteiger partial charge in [0.2, 0.25) is 6.29 Å². The van der Waals surface area contributed by atoms with Gasteiger partial charge in [0.25, 0.3) is 0 Å². The molecule has 0 saturated heterocycles.